The molecule has 0 aliphatic carbocycles. The van der Waals surface area contributed by atoms with Gasteiger partial charge in [-0.15, -0.1) is 0 Å². The fraction of sp³-hybridized carbons (Fsp3) is 0.286. The zero-order chi connectivity index (χ0) is 29.6. The van der Waals surface area contributed by atoms with Crippen molar-refractivity contribution in [1.29, 1.82) is 5.41 Å². The van der Waals surface area contributed by atoms with Crippen molar-refractivity contribution in [1.82, 2.24) is 14.9 Å². The summed E-state index contributed by atoms with van der Waals surface area (Å²) in [7, 11) is -4.10. The number of aliphatic carboxylic acids is 1. The maximum atomic E-state index is 13.4. The first-order chi connectivity index (χ1) is 19.5. The molecule has 1 heterocycles. The molecule has 0 saturated carbocycles. The van der Waals surface area contributed by atoms with E-state index in [1.54, 1.807) is 35.2 Å². The fourth-order valence-corrected chi connectivity index (χ4v) is 5.97. The van der Waals surface area contributed by atoms with Crippen LogP contribution in [-0.4, -0.2) is 67.8 Å². The van der Waals surface area contributed by atoms with E-state index in [1.807, 2.05) is 18.2 Å². The predicted octanol–water partition coefficient (Wildman–Crippen LogP) is 1.47. The lowest BCUT2D eigenvalue weighted by Gasteiger charge is -2.33. The van der Waals surface area contributed by atoms with Crippen LogP contribution in [0.1, 0.15) is 18.4 Å². The number of carbonyl (C=O) groups is 3. The van der Waals surface area contributed by atoms with E-state index in [0.717, 1.165) is 23.6 Å². The lowest BCUT2D eigenvalue weighted by atomic mass is 9.98. The number of piperidine rings is 1. The molecule has 0 aromatic heterocycles. The Morgan fingerprint density at radius 2 is 1.76 bits per heavy atom. The molecule has 1 fully saturated rings. The Bertz CT molecular complexity index is 1560. The Hall–Kier alpha value is -4.49. The van der Waals surface area contributed by atoms with Gasteiger partial charge in [-0.05, 0) is 65.8 Å². The smallest absolute Gasteiger partial charge is 0.394 e. The molecule has 4 rings (SSSR count). The monoisotopic (exact) mass is 580 g/mol. The maximum Gasteiger partial charge on any atom is 0.394 e. The van der Waals surface area contributed by atoms with Gasteiger partial charge in [0.1, 0.15) is 6.04 Å². The number of nitrogens with zero attached hydrogens (tertiary/aromatic N) is 1. The van der Waals surface area contributed by atoms with Gasteiger partial charge in [0.2, 0.25) is 15.9 Å². The van der Waals surface area contributed by atoms with Gasteiger partial charge in [0, 0.05) is 25.3 Å². The minimum Gasteiger partial charge on any atom is -0.474 e. The highest BCUT2D eigenvalue weighted by molar-refractivity contribution is 7.89. The maximum absolute atomic E-state index is 13.4. The number of rotatable bonds is 9. The number of hydrogen-bond donors (Lipinski definition) is 6. The molecule has 216 valence electrons. The standard InChI is InChI=1S/C28H32N6O6S/c29-28(30)34-13-3-4-19(17-34)16-31-25(35)24(14-18-7-10-22(11-8-18)32-26(36)27(37)38)33-41(39,40)23-12-9-20-5-1-2-6-21(20)15-23/h1-2,5-12,15,19,24,33H,3-4,13-14,16-17H2,(H3,29,30)(H,31,35)(H,32,36)(H,37,38)/t19-,24+/m0/s1. The molecular weight excluding hydrogens is 548 g/mol. The third-order valence-corrected chi connectivity index (χ3v) is 8.39. The highest BCUT2D eigenvalue weighted by Crippen LogP contribution is 2.20. The van der Waals surface area contributed by atoms with E-state index in [9.17, 15) is 22.8 Å². The van der Waals surface area contributed by atoms with Crippen molar-refractivity contribution in [3.8, 4) is 0 Å². The molecule has 12 nitrogen and oxygen atoms in total. The second-order valence-electron chi connectivity index (χ2n) is 9.93. The van der Waals surface area contributed by atoms with Crippen LogP contribution in [0.25, 0.3) is 10.8 Å². The number of carboxylic acids is 1. The Labute approximate surface area is 237 Å². The molecule has 1 aliphatic rings. The van der Waals surface area contributed by atoms with Crippen LogP contribution in [0.2, 0.25) is 0 Å². The van der Waals surface area contributed by atoms with Gasteiger partial charge in [0.05, 0.1) is 4.90 Å². The summed E-state index contributed by atoms with van der Waals surface area (Å²) in [6.07, 6.45) is 1.65. The Balaban J connectivity index is 1.52. The zero-order valence-corrected chi connectivity index (χ0v) is 23.0. The molecule has 0 spiro atoms. The number of carboxylic acid groups (broad SMARTS) is 1. The Morgan fingerprint density at radius 3 is 2.44 bits per heavy atom. The normalized spacial score (nSPS) is 16.1. The van der Waals surface area contributed by atoms with Gasteiger partial charge in [-0.2, -0.15) is 4.72 Å². The Kier molecular flexibility index (Phi) is 9.20. The van der Waals surface area contributed by atoms with Crippen molar-refractivity contribution in [3.05, 3.63) is 72.3 Å². The molecule has 0 bridgehead atoms. The quantitative estimate of drug-likeness (QED) is 0.124. The highest BCUT2D eigenvalue weighted by Gasteiger charge is 2.28. The molecule has 0 unspecified atom stereocenters. The van der Waals surface area contributed by atoms with Gasteiger partial charge in [0.15, 0.2) is 5.96 Å². The van der Waals surface area contributed by atoms with Crippen LogP contribution in [-0.2, 0) is 30.8 Å². The van der Waals surface area contributed by atoms with Crippen LogP contribution >= 0.6 is 0 Å². The molecule has 0 radical (unpaired) electrons. The van der Waals surface area contributed by atoms with Gasteiger partial charge in [0.25, 0.3) is 0 Å². The second kappa shape index (κ2) is 12.8. The summed E-state index contributed by atoms with van der Waals surface area (Å²) in [5.74, 6) is -3.31. The van der Waals surface area contributed by atoms with Crippen molar-refractivity contribution in [3.63, 3.8) is 0 Å². The lowest BCUT2D eigenvalue weighted by molar-refractivity contribution is -0.147. The van der Waals surface area contributed by atoms with Gasteiger partial charge >= 0.3 is 11.9 Å². The number of amides is 2. The molecule has 3 aromatic rings. The number of benzene rings is 3. The first-order valence-corrected chi connectivity index (χ1v) is 14.5. The highest BCUT2D eigenvalue weighted by atomic mass is 32.2. The van der Waals surface area contributed by atoms with E-state index in [4.69, 9.17) is 16.2 Å². The third-order valence-electron chi connectivity index (χ3n) is 6.92. The molecule has 3 aromatic carbocycles. The van der Waals surface area contributed by atoms with Crippen LogP contribution in [0.4, 0.5) is 5.69 Å². The fourth-order valence-electron chi connectivity index (χ4n) is 4.74. The molecule has 41 heavy (non-hydrogen) atoms. The summed E-state index contributed by atoms with van der Waals surface area (Å²) in [4.78, 5) is 37.4. The second-order valence-corrected chi connectivity index (χ2v) is 11.6. The number of sulfonamides is 1. The van der Waals surface area contributed by atoms with Crippen molar-refractivity contribution in [2.75, 3.05) is 25.0 Å². The first kappa shape index (κ1) is 29.5. The molecular formula is C28H32N6O6S. The summed E-state index contributed by atoms with van der Waals surface area (Å²) < 4.78 is 29.4. The predicted molar refractivity (Wildman–Crippen MR) is 154 cm³/mol. The number of guanidine groups is 1. The zero-order valence-electron chi connectivity index (χ0n) is 22.2. The van der Waals surface area contributed by atoms with E-state index >= 15 is 0 Å². The molecule has 2 atom stereocenters. The van der Waals surface area contributed by atoms with Crippen molar-refractivity contribution >= 4 is 50.2 Å². The van der Waals surface area contributed by atoms with Crippen molar-refractivity contribution in [2.24, 2.45) is 11.7 Å². The molecule has 1 aliphatic heterocycles. The van der Waals surface area contributed by atoms with E-state index < -0.39 is 33.8 Å². The van der Waals surface area contributed by atoms with Crippen LogP contribution in [0, 0.1) is 11.3 Å². The summed E-state index contributed by atoms with van der Waals surface area (Å²) in [6.45, 7) is 1.49. The van der Waals surface area contributed by atoms with Crippen LogP contribution in [0.15, 0.2) is 71.6 Å². The first-order valence-electron chi connectivity index (χ1n) is 13.0. The van der Waals surface area contributed by atoms with Crippen LogP contribution in [0.3, 0.4) is 0 Å². The van der Waals surface area contributed by atoms with E-state index in [2.05, 4.69) is 15.4 Å². The minimum atomic E-state index is -4.10. The van der Waals surface area contributed by atoms with Crippen LogP contribution < -0.4 is 21.1 Å². The SMILES string of the molecule is N=C(N)N1CCC[C@@H](CNC(=O)[C@@H](Cc2ccc(NC(=O)C(=O)O)cc2)NS(=O)(=O)c2ccc3ccccc3c2)C1. The van der Waals surface area contributed by atoms with Crippen molar-refractivity contribution in [2.45, 2.75) is 30.2 Å². The van der Waals surface area contributed by atoms with E-state index in [-0.39, 0.29) is 35.4 Å². The molecule has 1 saturated heterocycles. The number of fused-ring (bicyclic) bond motifs is 1. The Morgan fingerprint density at radius 1 is 1.05 bits per heavy atom. The topological polar surface area (TPSA) is 195 Å². The molecule has 7 N–H and O–H groups in total. The number of nitrogens with one attached hydrogen (secondary N) is 4. The van der Waals surface area contributed by atoms with Crippen molar-refractivity contribution < 1.29 is 27.9 Å². The number of anilines is 1. The largest absolute Gasteiger partial charge is 0.474 e. The van der Waals surface area contributed by atoms with Gasteiger partial charge in [-0.25, -0.2) is 13.2 Å². The number of hydrogen-bond acceptors (Lipinski definition) is 6. The average molecular weight is 581 g/mol. The number of likely N-dealkylation sites (tertiary alicyclic amines) is 1. The lowest BCUT2D eigenvalue weighted by Crippen LogP contribution is -2.51. The molecule has 2 amide bonds. The van der Waals surface area contributed by atoms with Gasteiger partial charge < -0.3 is 26.4 Å². The number of nitrogens with two attached hydrogens (primary N) is 1. The summed E-state index contributed by atoms with van der Waals surface area (Å²) in [6, 6.07) is 17.0. The van der Waals surface area contributed by atoms with Gasteiger partial charge in [-0.3, -0.25) is 15.0 Å². The number of carbonyl (C=O) groups excluding carboxylic acids is 2. The average Bonchev–Trinajstić information content (AvgIpc) is 2.96. The van der Waals surface area contributed by atoms with E-state index in [0.29, 0.717) is 18.7 Å². The summed E-state index contributed by atoms with van der Waals surface area (Å²) in [5.41, 5.74) is 6.45. The summed E-state index contributed by atoms with van der Waals surface area (Å²) in [5, 5.41) is 23.2. The molecule has 13 heteroatoms. The van der Waals surface area contributed by atoms with Crippen LogP contribution in [0.5, 0.6) is 0 Å². The summed E-state index contributed by atoms with van der Waals surface area (Å²) >= 11 is 0. The van der Waals surface area contributed by atoms with Gasteiger partial charge in [-0.1, -0.05) is 42.5 Å². The van der Waals surface area contributed by atoms with E-state index in [1.165, 1.54) is 18.2 Å². The third kappa shape index (κ3) is 7.80. The minimum absolute atomic E-state index is 0.00393.